The Hall–Kier alpha value is -1.54. The summed E-state index contributed by atoms with van der Waals surface area (Å²) in [4.78, 5) is 10.8. The van der Waals surface area contributed by atoms with Crippen molar-refractivity contribution in [1.82, 2.24) is 4.31 Å². The first-order chi connectivity index (χ1) is 10.2. The largest absolute Gasteiger partial charge is 0.481 e. The molecule has 1 N–H and O–H groups in total. The number of piperidine rings is 1. The van der Waals surface area contributed by atoms with Gasteiger partial charge in [-0.3, -0.25) is 4.79 Å². The minimum atomic E-state index is -3.84. The summed E-state index contributed by atoms with van der Waals surface area (Å²) in [6, 6.07) is 8.87. The van der Waals surface area contributed by atoms with Crippen LogP contribution in [-0.2, 0) is 21.2 Å². The molecular weight excluding hydrogens is 316 g/mol. The number of aliphatic carboxylic acids is 1. The number of sulfonamides is 1. The van der Waals surface area contributed by atoms with Crippen molar-refractivity contribution >= 4 is 16.0 Å². The molecule has 2 rings (SSSR count). The van der Waals surface area contributed by atoms with Gasteiger partial charge >= 0.3 is 5.97 Å². The van der Waals surface area contributed by atoms with Crippen molar-refractivity contribution in [3.05, 3.63) is 35.9 Å². The van der Waals surface area contributed by atoms with Gasteiger partial charge in [-0.2, -0.15) is 4.31 Å². The van der Waals surface area contributed by atoms with Crippen molar-refractivity contribution in [2.45, 2.75) is 18.8 Å². The van der Waals surface area contributed by atoms with Crippen LogP contribution in [0.3, 0.4) is 0 Å². The third kappa shape index (κ3) is 3.80. The molecule has 0 aliphatic carbocycles. The number of rotatable bonds is 5. The molecule has 0 bridgehead atoms. The number of alkyl halides is 2. The van der Waals surface area contributed by atoms with E-state index >= 15 is 0 Å². The van der Waals surface area contributed by atoms with Gasteiger partial charge in [0, 0.05) is 6.54 Å². The van der Waals surface area contributed by atoms with Crippen LogP contribution in [0.5, 0.6) is 0 Å². The smallest absolute Gasteiger partial charge is 0.312 e. The monoisotopic (exact) mass is 333 g/mol. The predicted molar refractivity (Wildman–Crippen MR) is 76.2 cm³/mol. The molecule has 1 heterocycles. The summed E-state index contributed by atoms with van der Waals surface area (Å²) in [6.45, 7) is -1.26. The molecule has 0 saturated carbocycles. The number of carbonyl (C=O) groups is 1. The van der Waals surface area contributed by atoms with E-state index in [9.17, 15) is 22.0 Å². The average molecular weight is 333 g/mol. The summed E-state index contributed by atoms with van der Waals surface area (Å²) in [5.41, 5.74) is 0.804. The molecule has 1 aliphatic heterocycles. The van der Waals surface area contributed by atoms with Crippen LogP contribution in [0.15, 0.2) is 30.3 Å². The van der Waals surface area contributed by atoms with E-state index in [0.717, 1.165) is 5.56 Å². The number of carboxylic acid groups (broad SMARTS) is 1. The topological polar surface area (TPSA) is 74.7 Å². The summed E-state index contributed by atoms with van der Waals surface area (Å²) < 4.78 is 52.6. The van der Waals surface area contributed by atoms with E-state index in [1.165, 1.54) is 0 Å². The fourth-order valence-corrected chi connectivity index (χ4v) is 3.98. The van der Waals surface area contributed by atoms with Gasteiger partial charge in [0.2, 0.25) is 10.0 Å². The Balaban J connectivity index is 2.03. The van der Waals surface area contributed by atoms with Crippen LogP contribution in [0.4, 0.5) is 8.78 Å². The van der Waals surface area contributed by atoms with Gasteiger partial charge in [0.1, 0.15) is 5.92 Å². The molecule has 1 unspecified atom stereocenters. The first-order valence-corrected chi connectivity index (χ1v) is 8.46. The summed E-state index contributed by atoms with van der Waals surface area (Å²) in [7, 11) is -3.84. The molecule has 1 atom stereocenters. The van der Waals surface area contributed by atoms with Gasteiger partial charge in [0.05, 0.1) is 12.3 Å². The molecule has 0 aromatic heterocycles. The Morgan fingerprint density at radius 3 is 2.50 bits per heavy atom. The van der Waals surface area contributed by atoms with Gasteiger partial charge in [0.25, 0.3) is 5.92 Å². The van der Waals surface area contributed by atoms with E-state index in [1.807, 2.05) is 0 Å². The molecule has 122 valence electrons. The van der Waals surface area contributed by atoms with Crippen LogP contribution in [0.25, 0.3) is 0 Å². The van der Waals surface area contributed by atoms with Gasteiger partial charge in [-0.15, -0.1) is 0 Å². The van der Waals surface area contributed by atoms with Gasteiger partial charge in [-0.05, 0) is 18.4 Å². The normalized spacial score (nSPS) is 22.4. The molecule has 22 heavy (non-hydrogen) atoms. The number of halogens is 2. The van der Waals surface area contributed by atoms with Crippen LogP contribution >= 0.6 is 0 Å². The number of carboxylic acids is 1. The van der Waals surface area contributed by atoms with Crippen LogP contribution in [0.2, 0.25) is 0 Å². The SMILES string of the molecule is O=C(O)C1CCN(S(=O)(=O)CCc2ccccc2)CC1(F)F. The number of aryl methyl sites for hydroxylation is 1. The second-order valence-corrected chi connectivity index (χ2v) is 7.41. The van der Waals surface area contributed by atoms with Crippen molar-refractivity contribution in [2.75, 3.05) is 18.8 Å². The average Bonchev–Trinajstić information content (AvgIpc) is 2.45. The molecule has 5 nitrogen and oxygen atoms in total. The van der Waals surface area contributed by atoms with E-state index < -0.39 is 34.4 Å². The first kappa shape index (κ1) is 16.8. The third-order valence-electron chi connectivity index (χ3n) is 3.75. The minimum absolute atomic E-state index is 0.191. The number of hydrogen-bond acceptors (Lipinski definition) is 3. The second kappa shape index (κ2) is 6.29. The Kier molecular flexibility index (Phi) is 4.81. The highest BCUT2D eigenvalue weighted by atomic mass is 32.2. The summed E-state index contributed by atoms with van der Waals surface area (Å²) in [5.74, 6) is -7.24. The molecule has 0 radical (unpaired) electrons. The predicted octanol–water partition coefficient (Wildman–Crippen LogP) is 1.60. The first-order valence-electron chi connectivity index (χ1n) is 6.85. The molecule has 0 amide bonds. The lowest BCUT2D eigenvalue weighted by Gasteiger charge is -2.35. The fraction of sp³-hybridized carbons (Fsp3) is 0.500. The highest BCUT2D eigenvalue weighted by molar-refractivity contribution is 7.89. The van der Waals surface area contributed by atoms with Crippen molar-refractivity contribution < 1.29 is 27.1 Å². The van der Waals surface area contributed by atoms with Crippen LogP contribution in [0.1, 0.15) is 12.0 Å². The molecule has 1 aliphatic rings. The van der Waals surface area contributed by atoms with Crippen molar-refractivity contribution in [2.24, 2.45) is 5.92 Å². The fourth-order valence-electron chi connectivity index (χ4n) is 2.47. The van der Waals surface area contributed by atoms with Crippen molar-refractivity contribution in [1.29, 1.82) is 0 Å². The van der Waals surface area contributed by atoms with Gasteiger partial charge in [-0.25, -0.2) is 17.2 Å². The highest BCUT2D eigenvalue weighted by Gasteiger charge is 2.50. The maximum absolute atomic E-state index is 13.8. The molecule has 0 spiro atoms. The van der Waals surface area contributed by atoms with E-state index in [4.69, 9.17) is 5.11 Å². The van der Waals surface area contributed by atoms with Crippen LogP contribution in [0, 0.1) is 5.92 Å². The molecule has 8 heteroatoms. The zero-order valence-electron chi connectivity index (χ0n) is 11.8. The van der Waals surface area contributed by atoms with E-state index in [1.54, 1.807) is 30.3 Å². The van der Waals surface area contributed by atoms with Crippen molar-refractivity contribution in [3.63, 3.8) is 0 Å². The molecule has 1 saturated heterocycles. The number of benzene rings is 1. The van der Waals surface area contributed by atoms with E-state index in [2.05, 4.69) is 0 Å². The summed E-state index contributed by atoms with van der Waals surface area (Å²) in [6.07, 6.45) is -0.152. The van der Waals surface area contributed by atoms with Gasteiger partial charge in [-0.1, -0.05) is 30.3 Å². The van der Waals surface area contributed by atoms with E-state index in [-0.39, 0.29) is 25.1 Å². The maximum atomic E-state index is 13.8. The molecule has 1 fully saturated rings. The lowest BCUT2D eigenvalue weighted by atomic mass is 9.94. The number of hydrogen-bond donors (Lipinski definition) is 1. The maximum Gasteiger partial charge on any atom is 0.312 e. The summed E-state index contributed by atoms with van der Waals surface area (Å²) >= 11 is 0. The summed E-state index contributed by atoms with van der Waals surface area (Å²) in [5, 5.41) is 8.77. The lowest BCUT2D eigenvalue weighted by Crippen LogP contribution is -2.53. The zero-order chi connectivity index (χ0) is 16.4. The molecular formula is C14H17F2NO4S. The quantitative estimate of drug-likeness (QED) is 0.888. The molecule has 1 aromatic rings. The second-order valence-electron chi connectivity index (χ2n) is 5.33. The van der Waals surface area contributed by atoms with Crippen LogP contribution < -0.4 is 0 Å². The molecule has 1 aromatic carbocycles. The van der Waals surface area contributed by atoms with Crippen molar-refractivity contribution in [3.8, 4) is 0 Å². The van der Waals surface area contributed by atoms with E-state index in [0.29, 0.717) is 4.31 Å². The van der Waals surface area contributed by atoms with Crippen LogP contribution in [-0.4, -0.2) is 48.6 Å². The Labute approximate surface area is 127 Å². The van der Waals surface area contributed by atoms with Gasteiger partial charge in [0.15, 0.2) is 0 Å². The Bertz CT molecular complexity index is 634. The van der Waals surface area contributed by atoms with Gasteiger partial charge < -0.3 is 5.11 Å². The minimum Gasteiger partial charge on any atom is -0.481 e. The number of nitrogens with zero attached hydrogens (tertiary/aromatic N) is 1. The lowest BCUT2D eigenvalue weighted by molar-refractivity contribution is -0.163. The standard InChI is InChI=1S/C14H17F2NO4S/c15-14(16)10-17(8-6-12(14)13(18)19)22(20,21)9-7-11-4-2-1-3-5-11/h1-5,12H,6-10H2,(H,18,19). The highest BCUT2D eigenvalue weighted by Crippen LogP contribution is 2.34. The Morgan fingerprint density at radius 1 is 1.32 bits per heavy atom. The third-order valence-corrected chi connectivity index (χ3v) is 5.57. The zero-order valence-corrected chi connectivity index (χ0v) is 12.6. The Morgan fingerprint density at radius 2 is 1.95 bits per heavy atom.